The van der Waals surface area contributed by atoms with Crippen molar-refractivity contribution >= 4 is 11.3 Å². The normalized spacial score (nSPS) is 20.7. The molecule has 0 saturated carbocycles. The van der Waals surface area contributed by atoms with Crippen LogP contribution in [0.1, 0.15) is 51.2 Å². The van der Waals surface area contributed by atoms with Crippen molar-refractivity contribution in [2.75, 3.05) is 19.6 Å². The Hall–Kier alpha value is -0.450. The zero-order chi connectivity index (χ0) is 14.1. The molecule has 1 N–H and O–H groups in total. The lowest BCUT2D eigenvalue weighted by Gasteiger charge is -2.37. The summed E-state index contributed by atoms with van der Waals surface area (Å²) in [4.78, 5) is 7.10. The van der Waals surface area contributed by atoms with E-state index in [1.165, 1.54) is 0 Å². The van der Waals surface area contributed by atoms with E-state index in [1.54, 1.807) is 11.3 Å². The van der Waals surface area contributed by atoms with Gasteiger partial charge in [-0.25, -0.2) is 4.98 Å². The van der Waals surface area contributed by atoms with Gasteiger partial charge in [0.1, 0.15) is 0 Å². The summed E-state index contributed by atoms with van der Waals surface area (Å²) in [6, 6.07) is 0. The summed E-state index contributed by atoms with van der Waals surface area (Å²) >= 11 is 1.69. The number of hydrogen-bond acceptors (Lipinski definition) is 4. The predicted octanol–water partition coefficient (Wildman–Crippen LogP) is 2.83. The number of nitrogens with zero attached hydrogens (tertiary/aromatic N) is 2. The molecule has 1 aromatic heterocycles. The highest BCUT2D eigenvalue weighted by Gasteiger charge is 2.33. The van der Waals surface area contributed by atoms with E-state index in [1.807, 2.05) is 0 Å². The van der Waals surface area contributed by atoms with E-state index in [2.05, 4.69) is 38.0 Å². The number of hydrogen-bond donors (Lipinski definition) is 1. The van der Waals surface area contributed by atoms with Gasteiger partial charge in [0.25, 0.3) is 0 Å². The third-order valence-electron chi connectivity index (χ3n) is 4.03. The van der Waals surface area contributed by atoms with Crippen molar-refractivity contribution in [1.29, 1.82) is 0 Å². The van der Waals surface area contributed by atoms with E-state index in [-0.39, 0.29) is 5.41 Å². The maximum absolute atomic E-state index is 10.7. The van der Waals surface area contributed by atoms with Gasteiger partial charge >= 0.3 is 0 Å². The van der Waals surface area contributed by atoms with Gasteiger partial charge in [-0.3, -0.25) is 0 Å². The average Bonchev–Trinajstić information content (AvgIpc) is 2.78. The molecular weight excluding hydrogens is 256 g/mol. The highest BCUT2D eigenvalue weighted by Crippen LogP contribution is 2.30. The van der Waals surface area contributed by atoms with Gasteiger partial charge in [-0.1, -0.05) is 27.7 Å². The van der Waals surface area contributed by atoms with Crippen LogP contribution in [0.15, 0.2) is 5.38 Å². The molecule has 2 heterocycles. The lowest BCUT2D eigenvalue weighted by Crippen LogP contribution is -2.45. The number of rotatable bonds is 3. The second-order valence-corrected chi connectivity index (χ2v) is 7.65. The fourth-order valence-corrected chi connectivity index (χ4v) is 3.64. The van der Waals surface area contributed by atoms with E-state index in [4.69, 9.17) is 4.98 Å². The van der Waals surface area contributed by atoms with Crippen LogP contribution in [0, 0.1) is 0 Å². The fraction of sp³-hybridized carbons (Fsp3) is 0.800. The second kappa shape index (κ2) is 5.51. The Morgan fingerprint density at radius 1 is 1.37 bits per heavy atom. The Morgan fingerprint density at radius 2 is 2.00 bits per heavy atom. The van der Waals surface area contributed by atoms with Crippen LogP contribution in [0.5, 0.6) is 0 Å². The maximum Gasteiger partial charge on any atom is 0.0957 e. The standard InChI is InChI=1S/C15H26N2OS/c1-5-17-8-6-15(18,7-9-17)10-13-16-12(11-19-13)14(2,3)4/h11,18H,5-10H2,1-4H3. The molecule has 0 spiro atoms. The molecule has 1 aromatic rings. The average molecular weight is 282 g/mol. The number of thiazole rings is 1. The summed E-state index contributed by atoms with van der Waals surface area (Å²) in [7, 11) is 0. The van der Waals surface area contributed by atoms with E-state index < -0.39 is 5.60 Å². The van der Waals surface area contributed by atoms with Crippen LogP contribution in [-0.4, -0.2) is 40.2 Å². The van der Waals surface area contributed by atoms with E-state index in [0.717, 1.165) is 43.2 Å². The Kier molecular flexibility index (Phi) is 4.33. The van der Waals surface area contributed by atoms with Crippen molar-refractivity contribution in [3.05, 3.63) is 16.1 Å². The Bertz CT molecular complexity index is 414. The first-order chi connectivity index (χ1) is 8.82. The third kappa shape index (κ3) is 3.77. The maximum atomic E-state index is 10.7. The smallest absolute Gasteiger partial charge is 0.0957 e. The summed E-state index contributed by atoms with van der Waals surface area (Å²) in [6.45, 7) is 11.8. The fourth-order valence-electron chi connectivity index (χ4n) is 2.48. The van der Waals surface area contributed by atoms with Crippen molar-refractivity contribution in [2.45, 2.75) is 58.0 Å². The number of likely N-dealkylation sites (tertiary alicyclic amines) is 1. The van der Waals surface area contributed by atoms with Gasteiger partial charge < -0.3 is 10.0 Å². The quantitative estimate of drug-likeness (QED) is 0.926. The lowest BCUT2D eigenvalue weighted by molar-refractivity contribution is -0.0194. The number of piperidine rings is 1. The molecule has 0 aromatic carbocycles. The molecule has 0 atom stereocenters. The minimum Gasteiger partial charge on any atom is -0.389 e. The van der Waals surface area contributed by atoms with Crippen LogP contribution in [0.4, 0.5) is 0 Å². The van der Waals surface area contributed by atoms with Crippen LogP contribution in [-0.2, 0) is 11.8 Å². The molecule has 1 fully saturated rings. The topological polar surface area (TPSA) is 36.4 Å². The molecule has 19 heavy (non-hydrogen) atoms. The summed E-state index contributed by atoms with van der Waals surface area (Å²) in [6.07, 6.45) is 2.45. The monoisotopic (exact) mass is 282 g/mol. The molecule has 4 heteroatoms. The number of aromatic nitrogens is 1. The highest BCUT2D eigenvalue weighted by molar-refractivity contribution is 7.09. The Morgan fingerprint density at radius 3 is 2.47 bits per heavy atom. The molecule has 108 valence electrons. The summed E-state index contributed by atoms with van der Waals surface area (Å²) in [5.74, 6) is 0. The summed E-state index contributed by atoms with van der Waals surface area (Å²) < 4.78 is 0. The van der Waals surface area contributed by atoms with Gasteiger partial charge in [0, 0.05) is 30.3 Å². The van der Waals surface area contributed by atoms with E-state index in [0.29, 0.717) is 6.42 Å². The molecule has 0 aliphatic carbocycles. The predicted molar refractivity (Wildman–Crippen MR) is 80.8 cm³/mol. The van der Waals surface area contributed by atoms with E-state index in [9.17, 15) is 5.11 Å². The third-order valence-corrected chi connectivity index (χ3v) is 4.88. The molecule has 0 bridgehead atoms. The second-order valence-electron chi connectivity index (χ2n) is 6.71. The van der Waals surface area contributed by atoms with Crippen LogP contribution in [0.25, 0.3) is 0 Å². The molecule has 1 saturated heterocycles. The highest BCUT2D eigenvalue weighted by atomic mass is 32.1. The van der Waals surface area contributed by atoms with Crippen molar-refractivity contribution in [2.24, 2.45) is 0 Å². The zero-order valence-corrected chi connectivity index (χ0v) is 13.4. The van der Waals surface area contributed by atoms with Gasteiger partial charge in [-0.05, 0) is 19.4 Å². The molecule has 1 aliphatic rings. The van der Waals surface area contributed by atoms with Crippen LogP contribution in [0.2, 0.25) is 0 Å². The van der Waals surface area contributed by atoms with Gasteiger partial charge in [0.15, 0.2) is 0 Å². The number of aliphatic hydroxyl groups is 1. The lowest BCUT2D eigenvalue weighted by atomic mass is 9.88. The summed E-state index contributed by atoms with van der Waals surface area (Å²) in [5, 5.41) is 13.9. The van der Waals surface area contributed by atoms with E-state index >= 15 is 0 Å². The van der Waals surface area contributed by atoms with Crippen molar-refractivity contribution in [1.82, 2.24) is 9.88 Å². The van der Waals surface area contributed by atoms with Gasteiger partial charge in [0.05, 0.1) is 16.3 Å². The van der Waals surface area contributed by atoms with Crippen LogP contribution in [0.3, 0.4) is 0 Å². The molecule has 2 rings (SSSR count). The zero-order valence-electron chi connectivity index (χ0n) is 12.6. The first-order valence-corrected chi connectivity index (χ1v) is 8.10. The minimum atomic E-state index is -0.543. The summed E-state index contributed by atoms with van der Waals surface area (Å²) in [5.41, 5.74) is 0.698. The molecule has 3 nitrogen and oxygen atoms in total. The largest absolute Gasteiger partial charge is 0.389 e. The first kappa shape index (κ1) is 14.9. The molecule has 0 unspecified atom stereocenters. The van der Waals surface area contributed by atoms with Crippen LogP contribution >= 0.6 is 11.3 Å². The van der Waals surface area contributed by atoms with Gasteiger partial charge in [-0.15, -0.1) is 11.3 Å². The van der Waals surface area contributed by atoms with Crippen molar-refractivity contribution in [3.63, 3.8) is 0 Å². The van der Waals surface area contributed by atoms with Crippen molar-refractivity contribution in [3.8, 4) is 0 Å². The molecule has 0 amide bonds. The first-order valence-electron chi connectivity index (χ1n) is 7.22. The minimum absolute atomic E-state index is 0.100. The van der Waals surface area contributed by atoms with Crippen LogP contribution < -0.4 is 0 Å². The molecular formula is C15H26N2OS. The Balaban J connectivity index is 1.99. The van der Waals surface area contributed by atoms with Gasteiger partial charge in [0.2, 0.25) is 0 Å². The van der Waals surface area contributed by atoms with Gasteiger partial charge in [-0.2, -0.15) is 0 Å². The Labute approximate surface area is 120 Å². The molecule has 0 radical (unpaired) electrons. The molecule has 1 aliphatic heterocycles. The SMILES string of the molecule is CCN1CCC(O)(Cc2nc(C(C)(C)C)cs2)CC1. The van der Waals surface area contributed by atoms with Crippen molar-refractivity contribution < 1.29 is 5.11 Å².